The van der Waals surface area contributed by atoms with Crippen molar-refractivity contribution in [2.45, 2.75) is 71.8 Å². The lowest BCUT2D eigenvalue weighted by atomic mass is 10.1. The molecule has 2 heteroatoms. The summed E-state index contributed by atoms with van der Waals surface area (Å²) in [5.74, 6) is 0. The second-order valence-electron chi connectivity index (χ2n) is 4.67. The first-order valence-electron chi connectivity index (χ1n) is 7.28. The molecule has 0 aromatic carbocycles. The summed E-state index contributed by atoms with van der Waals surface area (Å²) in [6.07, 6.45) is 13.2. The Bertz CT molecular complexity index is 299. The largest absolute Gasteiger partial charge is 0.351 e. The fourth-order valence-electron chi connectivity index (χ4n) is 2.23. The minimum atomic E-state index is 1.16. The van der Waals surface area contributed by atoms with Crippen molar-refractivity contribution in [1.29, 1.82) is 5.26 Å². The average Bonchev–Trinajstić information content (AvgIpc) is 2.87. The molecule has 1 heterocycles. The monoisotopic (exact) mass is 248 g/mol. The third-order valence-electron chi connectivity index (χ3n) is 3.29. The zero-order valence-corrected chi connectivity index (χ0v) is 12.1. The van der Waals surface area contributed by atoms with Gasteiger partial charge in [-0.05, 0) is 25.0 Å². The van der Waals surface area contributed by atoms with Crippen molar-refractivity contribution in [3.63, 3.8) is 0 Å². The highest BCUT2D eigenvalue weighted by Crippen LogP contribution is 2.09. The molecular weight excluding hydrogens is 220 g/mol. The van der Waals surface area contributed by atoms with Crippen LogP contribution in [0.25, 0.3) is 0 Å². The van der Waals surface area contributed by atoms with Gasteiger partial charge in [0, 0.05) is 25.0 Å². The Kier molecular flexibility index (Phi) is 11.4. The molecular formula is C16H28N2. The van der Waals surface area contributed by atoms with Crippen molar-refractivity contribution in [2.75, 3.05) is 0 Å². The standard InChI is InChI=1S/C15H27N.CHN/c1-3-5-6-7-8-9-10-13-16-14-11-12-15(16)4-2;1-2/h11-12,14H,3-10,13H2,1-2H3;1H. The molecule has 102 valence electrons. The third-order valence-corrected chi connectivity index (χ3v) is 3.29. The van der Waals surface area contributed by atoms with Crippen LogP contribution in [0.15, 0.2) is 18.3 Å². The van der Waals surface area contributed by atoms with Crippen LogP contribution in [0.4, 0.5) is 0 Å². The van der Waals surface area contributed by atoms with Crippen molar-refractivity contribution in [3.05, 3.63) is 24.0 Å². The van der Waals surface area contributed by atoms with Gasteiger partial charge < -0.3 is 4.57 Å². The van der Waals surface area contributed by atoms with Gasteiger partial charge >= 0.3 is 0 Å². The molecule has 0 bridgehead atoms. The minimum Gasteiger partial charge on any atom is -0.351 e. The van der Waals surface area contributed by atoms with E-state index in [1.807, 2.05) is 0 Å². The molecule has 0 radical (unpaired) electrons. The molecule has 2 nitrogen and oxygen atoms in total. The van der Waals surface area contributed by atoms with Crippen molar-refractivity contribution < 1.29 is 0 Å². The summed E-state index contributed by atoms with van der Waals surface area (Å²) in [6, 6.07) is 4.40. The van der Waals surface area contributed by atoms with Gasteiger partial charge in [0.05, 0.1) is 0 Å². The van der Waals surface area contributed by atoms with Gasteiger partial charge in [0.25, 0.3) is 0 Å². The molecule has 0 atom stereocenters. The molecule has 0 amide bonds. The molecule has 0 spiro atoms. The van der Waals surface area contributed by atoms with Crippen LogP contribution >= 0.6 is 0 Å². The molecule has 0 saturated carbocycles. The predicted molar refractivity (Wildman–Crippen MR) is 78.5 cm³/mol. The third kappa shape index (κ3) is 7.17. The number of hydrogen-bond acceptors (Lipinski definition) is 1. The van der Waals surface area contributed by atoms with Crippen LogP contribution in [0.3, 0.4) is 0 Å². The summed E-state index contributed by atoms with van der Waals surface area (Å²) < 4.78 is 2.41. The van der Waals surface area contributed by atoms with E-state index in [9.17, 15) is 0 Å². The molecule has 0 aliphatic rings. The minimum absolute atomic E-state index is 1.16. The highest BCUT2D eigenvalue weighted by molar-refractivity contribution is 5.06. The normalized spacial score (nSPS) is 9.78. The molecule has 0 N–H and O–H groups in total. The molecule has 1 aromatic rings. The van der Waals surface area contributed by atoms with Crippen LogP contribution in [-0.2, 0) is 13.0 Å². The molecule has 1 rings (SSSR count). The first-order valence-corrected chi connectivity index (χ1v) is 7.28. The van der Waals surface area contributed by atoms with Gasteiger partial charge in [-0.3, -0.25) is 0 Å². The maximum absolute atomic E-state index is 6.50. The second-order valence-corrected chi connectivity index (χ2v) is 4.67. The Balaban J connectivity index is 0.00000137. The van der Waals surface area contributed by atoms with E-state index in [1.165, 1.54) is 57.2 Å². The van der Waals surface area contributed by atoms with E-state index in [2.05, 4.69) is 43.3 Å². The van der Waals surface area contributed by atoms with Gasteiger partial charge in [-0.2, -0.15) is 0 Å². The smallest absolute Gasteiger partial charge is 0.0462 e. The van der Waals surface area contributed by atoms with Crippen LogP contribution in [0.2, 0.25) is 0 Å². The van der Waals surface area contributed by atoms with Crippen LogP contribution in [-0.4, -0.2) is 4.57 Å². The SMILES string of the molecule is C#N.CCCCCCCCCn1cccc1CC. The number of aromatic nitrogens is 1. The van der Waals surface area contributed by atoms with Crippen molar-refractivity contribution in [1.82, 2.24) is 4.57 Å². The summed E-state index contributed by atoms with van der Waals surface area (Å²) in [5.41, 5.74) is 1.48. The zero-order valence-electron chi connectivity index (χ0n) is 12.1. The molecule has 0 fully saturated rings. The summed E-state index contributed by atoms with van der Waals surface area (Å²) >= 11 is 0. The molecule has 0 aliphatic carbocycles. The van der Waals surface area contributed by atoms with E-state index in [-0.39, 0.29) is 0 Å². The Morgan fingerprint density at radius 2 is 1.61 bits per heavy atom. The van der Waals surface area contributed by atoms with E-state index in [0.717, 1.165) is 6.42 Å². The second kappa shape index (κ2) is 12.2. The van der Waals surface area contributed by atoms with Crippen LogP contribution in [0, 0.1) is 11.8 Å². The zero-order chi connectivity index (χ0) is 13.6. The van der Waals surface area contributed by atoms with Gasteiger partial charge in [0.1, 0.15) is 0 Å². The number of nitrogens with zero attached hydrogens (tertiary/aromatic N) is 2. The Morgan fingerprint density at radius 3 is 2.22 bits per heavy atom. The van der Waals surface area contributed by atoms with Gasteiger partial charge in [-0.15, -0.1) is 0 Å². The van der Waals surface area contributed by atoms with Crippen LogP contribution in [0.1, 0.15) is 64.5 Å². The van der Waals surface area contributed by atoms with E-state index in [4.69, 9.17) is 5.26 Å². The van der Waals surface area contributed by atoms with E-state index in [0.29, 0.717) is 0 Å². The maximum Gasteiger partial charge on any atom is 0.0462 e. The number of nitriles is 1. The predicted octanol–water partition coefficient (Wildman–Crippen LogP) is 4.94. The lowest BCUT2D eigenvalue weighted by Gasteiger charge is -2.07. The first kappa shape index (κ1) is 16.8. The highest BCUT2D eigenvalue weighted by Gasteiger charge is 1.97. The number of aryl methyl sites for hydroxylation is 2. The summed E-state index contributed by atoms with van der Waals surface area (Å²) in [5, 5.41) is 6.50. The van der Waals surface area contributed by atoms with Crippen molar-refractivity contribution in [3.8, 4) is 6.57 Å². The summed E-state index contributed by atoms with van der Waals surface area (Å²) in [7, 11) is 0. The van der Waals surface area contributed by atoms with E-state index >= 15 is 0 Å². The molecule has 18 heavy (non-hydrogen) atoms. The Morgan fingerprint density at radius 1 is 1.00 bits per heavy atom. The average molecular weight is 248 g/mol. The molecule has 0 saturated heterocycles. The fourth-order valence-corrected chi connectivity index (χ4v) is 2.23. The van der Waals surface area contributed by atoms with Gasteiger partial charge in [-0.1, -0.05) is 52.4 Å². The van der Waals surface area contributed by atoms with Crippen molar-refractivity contribution >= 4 is 0 Å². The summed E-state index contributed by atoms with van der Waals surface area (Å²) in [4.78, 5) is 0. The fraction of sp³-hybridized carbons (Fsp3) is 0.688. The number of unbranched alkanes of at least 4 members (excludes halogenated alkanes) is 6. The van der Waals surface area contributed by atoms with E-state index in [1.54, 1.807) is 0 Å². The lowest BCUT2D eigenvalue weighted by molar-refractivity contribution is 0.543. The summed E-state index contributed by atoms with van der Waals surface area (Å²) in [6.45, 7) is 9.22. The van der Waals surface area contributed by atoms with Gasteiger partial charge in [0.2, 0.25) is 0 Å². The van der Waals surface area contributed by atoms with E-state index < -0.39 is 0 Å². The Hall–Kier alpha value is -1.23. The molecule has 0 aliphatic heterocycles. The molecule has 1 aromatic heterocycles. The maximum atomic E-state index is 6.50. The van der Waals surface area contributed by atoms with Crippen LogP contribution in [0.5, 0.6) is 0 Å². The quantitative estimate of drug-likeness (QED) is 0.569. The molecule has 0 unspecified atom stereocenters. The highest BCUT2D eigenvalue weighted by atomic mass is 15.0. The topological polar surface area (TPSA) is 28.7 Å². The first-order chi connectivity index (χ1) is 8.88. The number of hydrogen-bond donors (Lipinski definition) is 0. The van der Waals surface area contributed by atoms with Gasteiger partial charge in [0.15, 0.2) is 0 Å². The lowest BCUT2D eigenvalue weighted by Crippen LogP contribution is -2.00. The van der Waals surface area contributed by atoms with Crippen molar-refractivity contribution in [2.24, 2.45) is 0 Å². The number of rotatable bonds is 9. The Labute approximate surface area is 113 Å². The van der Waals surface area contributed by atoms with Crippen LogP contribution < -0.4 is 0 Å². The van der Waals surface area contributed by atoms with Gasteiger partial charge in [-0.25, -0.2) is 5.26 Å².